The number of alkyl halides is 1. The lowest BCUT2D eigenvalue weighted by Crippen LogP contribution is -2.36. The van der Waals surface area contributed by atoms with Gasteiger partial charge in [0.1, 0.15) is 5.00 Å². The molecule has 0 fully saturated rings. The number of aliphatic hydroxyl groups is 2. The van der Waals surface area contributed by atoms with Gasteiger partial charge in [-0.1, -0.05) is 23.7 Å². The molecule has 0 amide bonds. The first kappa shape index (κ1) is 15.5. The number of thiophene rings is 1. The predicted molar refractivity (Wildman–Crippen MR) is 83.5 cm³/mol. The molecule has 1 unspecified atom stereocenters. The first-order valence-electron chi connectivity index (χ1n) is 6.49. The summed E-state index contributed by atoms with van der Waals surface area (Å²) < 4.78 is 0. The number of aliphatic hydroxyl groups excluding tert-OH is 2. The second-order valence-electron chi connectivity index (χ2n) is 4.69. The van der Waals surface area contributed by atoms with Gasteiger partial charge in [-0.2, -0.15) is 0 Å². The molecule has 0 bridgehead atoms. The van der Waals surface area contributed by atoms with E-state index >= 15 is 0 Å². The number of nitrogens with two attached hydrogens (primary N) is 1. The van der Waals surface area contributed by atoms with Crippen LogP contribution in [0.1, 0.15) is 11.3 Å². The van der Waals surface area contributed by atoms with Gasteiger partial charge >= 0.3 is 0 Å². The van der Waals surface area contributed by atoms with Crippen molar-refractivity contribution < 1.29 is 10.2 Å². The zero-order valence-electron chi connectivity index (χ0n) is 11.1. The summed E-state index contributed by atoms with van der Waals surface area (Å²) in [6.45, 7) is 0.997. The van der Waals surface area contributed by atoms with Gasteiger partial charge in [-0.15, -0.1) is 11.3 Å². The topological polar surface area (TPSA) is 69.7 Å². The molecule has 0 saturated heterocycles. The minimum absolute atomic E-state index is 0.0315. The minimum atomic E-state index is -0.882. The Hall–Kier alpha value is -0.850. The van der Waals surface area contributed by atoms with Crippen molar-refractivity contribution in [1.29, 1.82) is 0 Å². The zero-order valence-corrected chi connectivity index (χ0v) is 12.7. The van der Waals surface area contributed by atoms with Crippen molar-refractivity contribution in [2.75, 3.05) is 26.3 Å². The van der Waals surface area contributed by atoms with Crippen molar-refractivity contribution in [3.8, 4) is 0 Å². The molecule has 0 saturated carbocycles. The maximum Gasteiger partial charge on any atom is 0.114 e. The summed E-state index contributed by atoms with van der Waals surface area (Å²) in [5, 5.41) is 20.4. The van der Waals surface area contributed by atoms with Crippen LogP contribution in [-0.4, -0.2) is 46.4 Å². The maximum absolute atomic E-state index is 9.20. The number of rotatable bonds is 6. The van der Waals surface area contributed by atoms with E-state index in [2.05, 4.69) is 0 Å². The van der Waals surface area contributed by atoms with Crippen molar-refractivity contribution in [3.05, 3.63) is 40.2 Å². The van der Waals surface area contributed by atoms with Crippen molar-refractivity contribution in [1.82, 2.24) is 4.90 Å². The second kappa shape index (κ2) is 6.74. The second-order valence-corrected chi connectivity index (χ2v) is 6.34. The van der Waals surface area contributed by atoms with Gasteiger partial charge in [-0.3, -0.25) is 0 Å². The van der Waals surface area contributed by atoms with E-state index in [1.807, 2.05) is 34.6 Å². The Bertz CT molecular complexity index is 491. The van der Waals surface area contributed by atoms with Crippen LogP contribution in [0.5, 0.6) is 0 Å². The molecule has 0 aromatic carbocycles. The van der Waals surface area contributed by atoms with Crippen LogP contribution in [0.4, 0.5) is 0 Å². The molecule has 4 N–H and O–H groups in total. The third-order valence-corrected chi connectivity index (χ3v) is 4.30. The Morgan fingerprint density at radius 1 is 1.35 bits per heavy atom. The minimum Gasteiger partial charge on any atom is -0.395 e. The highest BCUT2D eigenvalue weighted by atomic mass is 35.5. The van der Waals surface area contributed by atoms with Gasteiger partial charge in [-0.25, -0.2) is 0 Å². The van der Waals surface area contributed by atoms with Crippen LogP contribution in [0.2, 0.25) is 0 Å². The highest BCUT2D eigenvalue weighted by Crippen LogP contribution is 2.37. The van der Waals surface area contributed by atoms with Gasteiger partial charge in [0.25, 0.3) is 0 Å². The number of allylic oxidation sites excluding steroid dienone is 1. The Labute approximate surface area is 127 Å². The third-order valence-electron chi connectivity index (χ3n) is 3.14. The van der Waals surface area contributed by atoms with E-state index in [1.54, 1.807) is 11.3 Å². The molecular formula is C14H19ClN2O2S. The smallest absolute Gasteiger partial charge is 0.114 e. The molecule has 1 aromatic rings. The summed E-state index contributed by atoms with van der Waals surface area (Å²) >= 11 is 7.86. The number of halogens is 1. The average molecular weight is 315 g/mol. The van der Waals surface area contributed by atoms with Gasteiger partial charge < -0.3 is 20.8 Å². The van der Waals surface area contributed by atoms with Crippen LogP contribution in [-0.2, 0) is 0 Å². The molecule has 1 heterocycles. The molecule has 4 nitrogen and oxygen atoms in total. The molecule has 0 radical (unpaired) electrons. The quantitative estimate of drug-likeness (QED) is 0.551. The molecule has 1 aromatic heterocycles. The summed E-state index contributed by atoms with van der Waals surface area (Å²) in [5.74, 6) is 0. The van der Waals surface area contributed by atoms with E-state index < -0.39 is 5.00 Å². The fourth-order valence-corrected chi connectivity index (χ4v) is 3.20. The van der Waals surface area contributed by atoms with Crippen LogP contribution in [0, 0.1) is 0 Å². The molecule has 1 atom stereocenters. The third kappa shape index (κ3) is 3.62. The fourth-order valence-electron chi connectivity index (χ4n) is 2.26. The lowest BCUT2D eigenvalue weighted by molar-refractivity contribution is 0.192. The molecule has 1 aliphatic rings. The lowest BCUT2D eigenvalue weighted by atomic mass is 9.97. The van der Waals surface area contributed by atoms with Crippen molar-refractivity contribution in [3.63, 3.8) is 0 Å². The SMILES string of the molecule is NC1(Cl)C=C(c2cccs2)C(N(CCO)CCO)=CC1. The first-order valence-corrected chi connectivity index (χ1v) is 7.75. The maximum atomic E-state index is 9.20. The van der Waals surface area contributed by atoms with Crippen molar-refractivity contribution >= 4 is 28.5 Å². The monoisotopic (exact) mass is 314 g/mol. The lowest BCUT2D eigenvalue weighted by Gasteiger charge is -2.32. The van der Waals surface area contributed by atoms with E-state index in [0.717, 1.165) is 16.1 Å². The Morgan fingerprint density at radius 2 is 2.05 bits per heavy atom. The fraction of sp³-hybridized carbons (Fsp3) is 0.429. The van der Waals surface area contributed by atoms with Gasteiger partial charge in [0.15, 0.2) is 0 Å². The van der Waals surface area contributed by atoms with E-state index in [0.29, 0.717) is 19.5 Å². The van der Waals surface area contributed by atoms with E-state index in [-0.39, 0.29) is 13.2 Å². The predicted octanol–water partition coefficient (Wildman–Crippen LogP) is 1.60. The average Bonchev–Trinajstić information content (AvgIpc) is 2.91. The van der Waals surface area contributed by atoms with Crippen LogP contribution in [0.15, 0.2) is 35.4 Å². The molecule has 20 heavy (non-hydrogen) atoms. The van der Waals surface area contributed by atoms with Crippen molar-refractivity contribution in [2.45, 2.75) is 11.4 Å². The highest BCUT2D eigenvalue weighted by molar-refractivity contribution is 7.11. The number of nitrogens with zero attached hydrogens (tertiary/aromatic N) is 1. The first-order chi connectivity index (χ1) is 9.57. The van der Waals surface area contributed by atoms with Gasteiger partial charge in [0.2, 0.25) is 0 Å². The number of hydrogen-bond acceptors (Lipinski definition) is 5. The van der Waals surface area contributed by atoms with Gasteiger partial charge in [-0.05, 0) is 17.5 Å². The Morgan fingerprint density at radius 3 is 2.60 bits per heavy atom. The summed E-state index contributed by atoms with van der Waals surface area (Å²) in [6, 6.07) is 3.99. The molecule has 110 valence electrons. The molecule has 1 aliphatic carbocycles. The largest absolute Gasteiger partial charge is 0.395 e. The molecule has 6 heteroatoms. The molecule has 2 rings (SSSR count). The summed E-state index contributed by atoms with van der Waals surface area (Å²) in [5.41, 5.74) is 7.95. The molecule has 0 aliphatic heterocycles. The zero-order chi connectivity index (χ0) is 14.6. The van der Waals surface area contributed by atoms with Crippen LogP contribution in [0.25, 0.3) is 5.57 Å². The van der Waals surface area contributed by atoms with Crippen LogP contribution < -0.4 is 5.73 Å². The van der Waals surface area contributed by atoms with Crippen LogP contribution >= 0.6 is 22.9 Å². The molecule has 0 spiro atoms. The van der Waals surface area contributed by atoms with E-state index in [1.165, 1.54) is 0 Å². The summed E-state index contributed by atoms with van der Waals surface area (Å²) in [4.78, 5) is 2.15. The van der Waals surface area contributed by atoms with Gasteiger partial charge in [0.05, 0.1) is 13.2 Å². The van der Waals surface area contributed by atoms with Gasteiger partial charge in [0, 0.05) is 35.7 Å². The summed E-state index contributed by atoms with van der Waals surface area (Å²) in [6.07, 6.45) is 4.36. The summed E-state index contributed by atoms with van der Waals surface area (Å²) in [7, 11) is 0. The standard InChI is InChI=1S/C14H19ClN2O2S/c15-14(16)4-3-12(17(5-7-18)6-8-19)11(10-14)13-2-1-9-20-13/h1-3,9-10,18-19H,4-8,16H2. The highest BCUT2D eigenvalue weighted by Gasteiger charge is 2.27. The van der Waals surface area contributed by atoms with E-state index in [4.69, 9.17) is 17.3 Å². The van der Waals surface area contributed by atoms with Crippen LogP contribution in [0.3, 0.4) is 0 Å². The molecular weight excluding hydrogens is 296 g/mol. The van der Waals surface area contributed by atoms with E-state index in [9.17, 15) is 10.2 Å². The normalized spacial score (nSPS) is 22.4. The Balaban J connectivity index is 2.35. The van der Waals surface area contributed by atoms with Crippen molar-refractivity contribution in [2.24, 2.45) is 5.73 Å². The number of hydrogen-bond donors (Lipinski definition) is 3. The Kier molecular flexibility index (Phi) is 5.23.